The van der Waals surface area contributed by atoms with Crippen LogP contribution in [0.5, 0.6) is 0 Å². The summed E-state index contributed by atoms with van der Waals surface area (Å²) in [6, 6.07) is 0. The minimum absolute atomic E-state index is 0. The number of allylic oxidation sites excluding steroid dienone is 6. The van der Waals surface area contributed by atoms with Crippen LogP contribution in [0.15, 0.2) is 35.5 Å². The quantitative estimate of drug-likeness (QED) is 0.412. The Balaban J connectivity index is -0.000000108. The number of aliphatic hydroxyl groups is 3. The van der Waals surface area contributed by atoms with Crippen LogP contribution in [-0.2, 0) is 34.5 Å². The molecule has 0 aromatic rings. The summed E-state index contributed by atoms with van der Waals surface area (Å²) < 4.78 is 0. The molecule has 3 N–H and O–H groups in total. The molecule has 0 saturated heterocycles. The van der Waals surface area contributed by atoms with Crippen LogP contribution in [0.1, 0.15) is 41.5 Å². The van der Waals surface area contributed by atoms with Gasteiger partial charge in [-0.25, -0.2) is 0 Å². The molecule has 1 radical (unpaired) electrons. The summed E-state index contributed by atoms with van der Waals surface area (Å²) >= 11 is 0. The zero-order valence-electron chi connectivity index (χ0n) is 13.6. The van der Waals surface area contributed by atoms with Gasteiger partial charge in [-0.2, -0.15) is 0 Å². The second kappa shape index (κ2) is 17.3. The van der Waals surface area contributed by atoms with E-state index in [1.54, 1.807) is 0 Å². The van der Waals surface area contributed by atoms with E-state index < -0.39 is 0 Å². The first-order chi connectivity index (χ1) is 9.38. The molecule has 129 valence electrons. The molecule has 0 aromatic carbocycles. The van der Waals surface area contributed by atoms with Crippen LogP contribution in [0.3, 0.4) is 0 Å². The predicted octanol–water partition coefficient (Wildman–Crippen LogP) is 3.11. The molecule has 6 nitrogen and oxygen atoms in total. The number of hydrogen-bond acceptors (Lipinski definition) is 6. The average molecular weight is 493 g/mol. The van der Waals surface area contributed by atoms with Gasteiger partial charge >= 0.3 is 0 Å². The van der Waals surface area contributed by atoms with Crippen molar-refractivity contribution in [2.45, 2.75) is 41.5 Å². The molecule has 22 heavy (non-hydrogen) atoms. The van der Waals surface area contributed by atoms with E-state index in [4.69, 9.17) is 15.3 Å². The zero-order valence-corrected chi connectivity index (χ0v) is 16.0. The first kappa shape index (κ1) is 28.4. The van der Waals surface area contributed by atoms with Crippen LogP contribution >= 0.6 is 0 Å². The van der Waals surface area contributed by atoms with Crippen LogP contribution in [0.4, 0.5) is 0 Å². The third kappa shape index (κ3) is 51.7. The van der Waals surface area contributed by atoms with E-state index in [1.165, 1.54) is 59.8 Å². The van der Waals surface area contributed by atoms with Crippen molar-refractivity contribution in [1.82, 2.24) is 0 Å². The van der Waals surface area contributed by atoms with E-state index >= 15 is 0 Å². The fraction of sp³-hybridized carbons (Fsp3) is 0.400. The summed E-state index contributed by atoms with van der Waals surface area (Å²) in [7, 11) is 0. The Morgan fingerprint density at radius 2 is 0.682 bits per heavy atom. The molecular weight excluding hydrogens is 468 g/mol. The van der Waals surface area contributed by atoms with Gasteiger partial charge in [0.25, 0.3) is 0 Å². The van der Waals surface area contributed by atoms with Crippen LogP contribution in [0.2, 0.25) is 0 Å². The Morgan fingerprint density at radius 1 is 0.545 bits per heavy atom. The summed E-state index contributed by atoms with van der Waals surface area (Å²) in [6.07, 6.45) is 3.50. The minimum atomic E-state index is -0.125. The third-order valence-electron chi connectivity index (χ3n) is 1.24. The molecule has 0 amide bonds. The summed E-state index contributed by atoms with van der Waals surface area (Å²) in [5.74, 6) is -0.187. The van der Waals surface area contributed by atoms with Crippen molar-refractivity contribution < 1.29 is 49.8 Å². The minimum Gasteiger partial charge on any atom is -0.512 e. The molecule has 0 saturated carbocycles. The molecule has 0 rings (SSSR count). The number of carbonyl (C=O) groups excluding carboxylic acids is 3. The van der Waals surface area contributed by atoms with Gasteiger partial charge in [0.15, 0.2) is 17.3 Å². The van der Waals surface area contributed by atoms with Crippen molar-refractivity contribution in [3.05, 3.63) is 35.5 Å². The standard InChI is InChI=1S/3C5H8O2.Ir/c3*1-4(6)3-5(2)7;/h3*3,6H,1-2H3;. The van der Waals surface area contributed by atoms with Gasteiger partial charge in [-0.1, -0.05) is 0 Å². The first-order valence-electron chi connectivity index (χ1n) is 6.02. The van der Waals surface area contributed by atoms with E-state index in [1.807, 2.05) is 0 Å². The van der Waals surface area contributed by atoms with Gasteiger partial charge in [0.2, 0.25) is 0 Å². The Hall–Kier alpha value is -1.72. The molecule has 0 bridgehead atoms. The molecule has 0 aromatic heterocycles. The van der Waals surface area contributed by atoms with Crippen molar-refractivity contribution in [2.75, 3.05) is 0 Å². The molecule has 0 heterocycles. The Morgan fingerprint density at radius 3 is 0.682 bits per heavy atom. The van der Waals surface area contributed by atoms with Gasteiger partial charge < -0.3 is 15.3 Å². The predicted molar refractivity (Wildman–Crippen MR) is 81.2 cm³/mol. The van der Waals surface area contributed by atoms with Crippen LogP contribution in [-0.4, -0.2) is 32.7 Å². The van der Waals surface area contributed by atoms with Gasteiger partial charge in [-0.3, -0.25) is 14.4 Å². The van der Waals surface area contributed by atoms with Crippen molar-refractivity contribution in [2.24, 2.45) is 0 Å². The second-order valence-corrected chi connectivity index (χ2v) is 4.19. The van der Waals surface area contributed by atoms with E-state index in [2.05, 4.69) is 0 Å². The number of ketones is 3. The average Bonchev–Trinajstić information content (AvgIpc) is 2.10. The van der Waals surface area contributed by atoms with Gasteiger partial charge in [0.05, 0.1) is 17.3 Å². The van der Waals surface area contributed by atoms with Crippen molar-refractivity contribution in [1.29, 1.82) is 0 Å². The normalized spacial score (nSPS) is 10.9. The number of hydrogen-bond donors (Lipinski definition) is 3. The smallest absolute Gasteiger partial charge is 0.155 e. The molecule has 0 fully saturated rings. The van der Waals surface area contributed by atoms with Gasteiger partial charge in [-0.15, -0.1) is 0 Å². The van der Waals surface area contributed by atoms with E-state index in [0.717, 1.165) is 0 Å². The van der Waals surface area contributed by atoms with E-state index in [-0.39, 0.29) is 54.7 Å². The van der Waals surface area contributed by atoms with E-state index in [0.29, 0.717) is 0 Å². The molecule has 0 spiro atoms. The second-order valence-electron chi connectivity index (χ2n) is 4.19. The van der Waals surface area contributed by atoms with Gasteiger partial charge in [0.1, 0.15) is 0 Å². The maximum atomic E-state index is 10.0. The monoisotopic (exact) mass is 493 g/mol. The first-order valence-corrected chi connectivity index (χ1v) is 6.02. The molecule has 0 aliphatic heterocycles. The summed E-state index contributed by atoms with van der Waals surface area (Å²) in [4.78, 5) is 30.1. The number of aliphatic hydroxyl groups excluding tert-OH is 3. The largest absolute Gasteiger partial charge is 0.512 e. The number of carbonyl (C=O) groups is 3. The van der Waals surface area contributed by atoms with Crippen LogP contribution in [0, 0.1) is 0 Å². The van der Waals surface area contributed by atoms with Crippen molar-refractivity contribution in [3.63, 3.8) is 0 Å². The van der Waals surface area contributed by atoms with E-state index in [9.17, 15) is 14.4 Å². The van der Waals surface area contributed by atoms with Crippen LogP contribution in [0.25, 0.3) is 0 Å². The SMILES string of the molecule is CC(=O)C=C(C)O.CC(=O)C=C(C)O.CC(=O)C=C(C)O.[Ir]. The van der Waals surface area contributed by atoms with Gasteiger partial charge in [0, 0.05) is 38.3 Å². The summed E-state index contributed by atoms with van der Waals surface area (Å²) in [5.41, 5.74) is 0. The topological polar surface area (TPSA) is 112 Å². The zero-order chi connectivity index (χ0) is 17.6. The maximum absolute atomic E-state index is 10.0. The summed E-state index contributed by atoms with van der Waals surface area (Å²) in [6.45, 7) is 8.54. The fourth-order valence-corrected chi connectivity index (χ4v) is 0.882. The van der Waals surface area contributed by atoms with Gasteiger partial charge in [-0.05, 0) is 41.5 Å². The number of rotatable bonds is 3. The fourth-order valence-electron chi connectivity index (χ4n) is 0.882. The molecule has 0 aliphatic carbocycles. The molecule has 0 atom stereocenters. The van der Waals surface area contributed by atoms with Crippen molar-refractivity contribution in [3.8, 4) is 0 Å². The Kier molecular flexibility index (Phi) is 22.4. The van der Waals surface area contributed by atoms with Crippen LogP contribution < -0.4 is 0 Å². The molecule has 7 heteroatoms. The molecule has 0 aliphatic rings. The summed E-state index contributed by atoms with van der Waals surface area (Å²) in [5, 5.41) is 25.1. The Bertz CT molecular complexity index is 368. The molecular formula is C15H24IrO6. The third-order valence-corrected chi connectivity index (χ3v) is 1.24. The van der Waals surface area contributed by atoms with Crippen molar-refractivity contribution >= 4 is 17.3 Å². The maximum Gasteiger partial charge on any atom is 0.155 e. The molecule has 0 unspecified atom stereocenters. The Labute approximate surface area is 144 Å².